The van der Waals surface area contributed by atoms with Gasteiger partial charge < -0.3 is 10.2 Å². The van der Waals surface area contributed by atoms with Crippen molar-refractivity contribution in [1.29, 1.82) is 0 Å². The van der Waals surface area contributed by atoms with Crippen molar-refractivity contribution >= 4 is 58.2 Å². The highest BCUT2D eigenvalue weighted by Gasteiger charge is 2.30. The number of benzene rings is 2. The largest absolute Gasteiger partial charge is 0.352 e. The summed E-state index contributed by atoms with van der Waals surface area (Å²) >= 11 is 25.2. The predicted molar refractivity (Wildman–Crippen MR) is 127 cm³/mol. The summed E-state index contributed by atoms with van der Waals surface area (Å²) in [5.41, 5.74) is 1.11. The Balaban J connectivity index is 1.87. The molecule has 0 saturated heterocycles. The minimum Gasteiger partial charge on any atom is -0.352 e. The van der Waals surface area contributed by atoms with Crippen molar-refractivity contribution in [3.63, 3.8) is 0 Å². The summed E-state index contributed by atoms with van der Waals surface area (Å²) in [4.78, 5) is 27.8. The molecular weight excluding hydrogens is 478 g/mol. The van der Waals surface area contributed by atoms with Crippen molar-refractivity contribution in [2.24, 2.45) is 0 Å². The number of carbonyl (C=O) groups is 2. The number of carbonyl (C=O) groups excluding carboxylic acids is 2. The molecule has 166 valence electrons. The summed E-state index contributed by atoms with van der Waals surface area (Å²) in [5.74, 6) is -0.492. The molecule has 0 spiro atoms. The number of rotatable bonds is 7. The van der Waals surface area contributed by atoms with Gasteiger partial charge in [-0.05, 0) is 49.6 Å². The second-order valence-electron chi connectivity index (χ2n) is 7.76. The number of nitrogens with one attached hydrogen (secondary N) is 1. The van der Waals surface area contributed by atoms with Crippen LogP contribution in [0, 0.1) is 0 Å². The molecule has 1 atom stereocenters. The second kappa shape index (κ2) is 10.9. The van der Waals surface area contributed by atoms with Crippen LogP contribution < -0.4 is 5.32 Å². The van der Waals surface area contributed by atoms with Crippen molar-refractivity contribution in [2.45, 2.75) is 57.7 Å². The second-order valence-corrected chi connectivity index (χ2v) is 9.39. The van der Waals surface area contributed by atoms with E-state index >= 15 is 0 Å². The van der Waals surface area contributed by atoms with E-state index in [9.17, 15) is 9.59 Å². The van der Waals surface area contributed by atoms with Gasteiger partial charge in [0, 0.05) is 38.2 Å². The summed E-state index contributed by atoms with van der Waals surface area (Å²) in [6, 6.07) is 9.66. The Morgan fingerprint density at radius 1 is 0.935 bits per heavy atom. The first kappa shape index (κ1) is 24.2. The smallest absolute Gasteiger partial charge is 0.242 e. The molecule has 2 aromatic rings. The van der Waals surface area contributed by atoms with Crippen molar-refractivity contribution in [1.82, 2.24) is 10.2 Å². The van der Waals surface area contributed by atoms with Gasteiger partial charge in [0.15, 0.2) is 0 Å². The van der Waals surface area contributed by atoms with E-state index in [0.717, 1.165) is 25.7 Å². The fraction of sp³-hybridized carbons (Fsp3) is 0.391. The molecule has 4 nitrogen and oxygen atoms in total. The molecule has 1 N–H and O–H groups in total. The summed E-state index contributed by atoms with van der Waals surface area (Å²) in [6.07, 6.45) is 4.07. The molecule has 8 heteroatoms. The van der Waals surface area contributed by atoms with E-state index in [-0.39, 0.29) is 30.8 Å². The van der Waals surface area contributed by atoms with Crippen molar-refractivity contribution < 1.29 is 9.59 Å². The van der Waals surface area contributed by atoms with E-state index in [0.29, 0.717) is 31.2 Å². The predicted octanol–water partition coefficient (Wildman–Crippen LogP) is 6.32. The molecule has 0 heterocycles. The third kappa shape index (κ3) is 6.07. The SMILES string of the molecule is C[C@@H](C(=O)NC1CCCC1)N(Cc1c(Cl)cccc1Cl)C(=O)Cc1c(Cl)cccc1Cl. The van der Waals surface area contributed by atoms with Crippen LogP contribution in [0.5, 0.6) is 0 Å². The van der Waals surface area contributed by atoms with E-state index in [1.165, 1.54) is 4.90 Å². The molecule has 1 aliphatic rings. The Hall–Kier alpha value is -1.46. The topological polar surface area (TPSA) is 49.4 Å². The number of hydrogen-bond donors (Lipinski definition) is 1. The van der Waals surface area contributed by atoms with Gasteiger partial charge in [0.2, 0.25) is 11.8 Å². The van der Waals surface area contributed by atoms with E-state index in [1.807, 2.05) is 0 Å². The molecule has 31 heavy (non-hydrogen) atoms. The van der Waals surface area contributed by atoms with Gasteiger partial charge in [0.25, 0.3) is 0 Å². The van der Waals surface area contributed by atoms with Crippen LogP contribution in [0.1, 0.15) is 43.7 Å². The monoisotopic (exact) mass is 500 g/mol. The quantitative estimate of drug-likeness (QED) is 0.482. The zero-order valence-electron chi connectivity index (χ0n) is 17.1. The lowest BCUT2D eigenvalue weighted by atomic mass is 10.1. The lowest BCUT2D eigenvalue weighted by Gasteiger charge is -2.30. The van der Waals surface area contributed by atoms with Gasteiger partial charge in [-0.15, -0.1) is 0 Å². The van der Waals surface area contributed by atoms with Crippen LogP contribution in [-0.2, 0) is 22.6 Å². The first-order valence-electron chi connectivity index (χ1n) is 10.2. The summed E-state index contributed by atoms with van der Waals surface area (Å²) in [6.45, 7) is 1.81. The van der Waals surface area contributed by atoms with Crippen LogP contribution in [-0.4, -0.2) is 28.8 Å². The van der Waals surface area contributed by atoms with Gasteiger partial charge in [-0.3, -0.25) is 9.59 Å². The van der Waals surface area contributed by atoms with Crippen molar-refractivity contribution in [3.05, 3.63) is 67.6 Å². The number of halogens is 4. The lowest BCUT2D eigenvalue weighted by Crippen LogP contribution is -2.50. The third-order valence-corrected chi connectivity index (χ3v) is 7.07. The van der Waals surface area contributed by atoms with E-state index < -0.39 is 6.04 Å². The first-order valence-corrected chi connectivity index (χ1v) is 11.7. The van der Waals surface area contributed by atoms with Gasteiger partial charge in [-0.2, -0.15) is 0 Å². The van der Waals surface area contributed by atoms with Crippen LogP contribution in [0.25, 0.3) is 0 Å². The summed E-state index contributed by atoms with van der Waals surface area (Å²) < 4.78 is 0. The number of amides is 2. The maximum Gasteiger partial charge on any atom is 0.242 e. The first-order chi connectivity index (χ1) is 14.8. The molecule has 0 aliphatic heterocycles. The molecule has 1 aliphatic carbocycles. The molecule has 0 bridgehead atoms. The summed E-state index contributed by atoms with van der Waals surface area (Å²) in [7, 11) is 0. The molecule has 3 rings (SSSR count). The molecule has 1 fully saturated rings. The molecule has 2 aromatic carbocycles. The average Bonchev–Trinajstić information content (AvgIpc) is 3.23. The fourth-order valence-corrected chi connectivity index (χ4v) is 4.83. The maximum atomic E-state index is 13.4. The average molecular weight is 502 g/mol. The van der Waals surface area contributed by atoms with Crippen LogP contribution in [0.3, 0.4) is 0 Å². The third-order valence-electron chi connectivity index (χ3n) is 5.65. The van der Waals surface area contributed by atoms with Gasteiger partial charge in [0.05, 0.1) is 6.42 Å². The highest BCUT2D eigenvalue weighted by molar-refractivity contribution is 6.36. The van der Waals surface area contributed by atoms with Gasteiger partial charge >= 0.3 is 0 Å². The summed E-state index contributed by atoms with van der Waals surface area (Å²) in [5, 5.41) is 4.74. The zero-order chi connectivity index (χ0) is 22.5. The molecule has 2 amide bonds. The van der Waals surface area contributed by atoms with E-state index in [4.69, 9.17) is 46.4 Å². The standard InChI is InChI=1S/C23H24Cl4N2O2/c1-14(23(31)28-15-6-2-3-7-15)29(13-17-20(26)10-5-11-21(17)27)22(30)12-16-18(24)8-4-9-19(16)25/h4-5,8-11,14-15H,2-3,6-7,12-13H2,1H3,(H,28,31)/t14-/m0/s1. The molecule has 0 radical (unpaired) electrons. The van der Waals surface area contributed by atoms with Crippen LogP contribution in [0.2, 0.25) is 20.1 Å². The molecule has 1 saturated carbocycles. The Labute approximate surface area is 202 Å². The van der Waals surface area contributed by atoms with E-state index in [2.05, 4.69) is 5.32 Å². The van der Waals surface area contributed by atoms with Crippen molar-refractivity contribution in [3.8, 4) is 0 Å². The minimum absolute atomic E-state index is 0.0401. The molecule has 0 unspecified atom stereocenters. The fourth-order valence-electron chi connectivity index (χ4n) is 3.78. The van der Waals surface area contributed by atoms with E-state index in [1.54, 1.807) is 43.3 Å². The molecule has 0 aromatic heterocycles. The van der Waals surface area contributed by atoms with Gasteiger partial charge in [-0.1, -0.05) is 71.4 Å². The molecular formula is C23H24Cl4N2O2. The number of hydrogen-bond acceptors (Lipinski definition) is 2. The van der Waals surface area contributed by atoms with Crippen LogP contribution >= 0.6 is 46.4 Å². The maximum absolute atomic E-state index is 13.4. The Kier molecular flexibility index (Phi) is 8.51. The van der Waals surface area contributed by atoms with Gasteiger partial charge in [-0.25, -0.2) is 0 Å². The Morgan fingerprint density at radius 2 is 1.42 bits per heavy atom. The highest BCUT2D eigenvalue weighted by atomic mass is 35.5. The van der Waals surface area contributed by atoms with Crippen LogP contribution in [0.4, 0.5) is 0 Å². The Bertz CT molecular complexity index is 920. The normalized spacial score (nSPS) is 15.0. The number of nitrogens with zero attached hydrogens (tertiary/aromatic N) is 1. The minimum atomic E-state index is -0.721. The highest BCUT2D eigenvalue weighted by Crippen LogP contribution is 2.29. The Morgan fingerprint density at radius 3 is 1.94 bits per heavy atom. The van der Waals surface area contributed by atoms with Crippen molar-refractivity contribution in [2.75, 3.05) is 0 Å². The zero-order valence-corrected chi connectivity index (χ0v) is 20.2. The lowest BCUT2D eigenvalue weighted by molar-refractivity contribution is -0.140. The van der Waals surface area contributed by atoms with Crippen LogP contribution in [0.15, 0.2) is 36.4 Å². The van der Waals surface area contributed by atoms with Gasteiger partial charge in [0.1, 0.15) is 6.04 Å².